The lowest BCUT2D eigenvalue weighted by Gasteiger charge is -2.14. The molecule has 0 spiro atoms. The molecule has 0 aliphatic rings. The van der Waals surface area contributed by atoms with Crippen molar-refractivity contribution < 1.29 is 14.6 Å². The van der Waals surface area contributed by atoms with Gasteiger partial charge in [0, 0.05) is 13.0 Å². The average Bonchev–Trinajstić information content (AvgIpc) is 2.13. The smallest absolute Gasteiger partial charge is 0.222 e. The molecule has 0 heterocycles. The fraction of sp³-hybridized carbons (Fsp3) is 0.917. The highest BCUT2D eigenvalue weighted by atomic mass is 16.5. The maximum atomic E-state index is 11.3. The first-order chi connectivity index (χ1) is 7.41. The first-order valence-corrected chi connectivity index (χ1v) is 5.98. The van der Waals surface area contributed by atoms with Gasteiger partial charge in [0.25, 0.3) is 0 Å². The number of rotatable bonds is 8. The van der Waals surface area contributed by atoms with Gasteiger partial charge in [-0.1, -0.05) is 13.8 Å². The number of amides is 1. The van der Waals surface area contributed by atoms with Crippen molar-refractivity contribution in [2.75, 3.05) is 13.2 Å². The Balaban J connectivity index is 3.49. The molecule has 2 N–H and O–H groups in total. The van der Waals surface area contributed by atoms with E-state index < -0.39 is 6.10 Å². The van der Waals surface area contributed by atoms with Crippen LogP contribution in [0.4, 0.5) is 0 Å². The molecule has 96 valence electrons. The molecule has 1 amide bonds. The zero-order valence-electron chi connectivity index (χ0n) is 10.8. The van der Waals surface area contributed by atoms with Gasteiger partial charge < -0.3 is 15.2 Å². The van der Waals surface area contributed by atoms with Gasteiger partial charge in [0.05, 0.1) is 18.8 Å². The van der Waals surface area contributed by atoms with Gasteiger partial charge in [0.15, 0.2) is 0 Å². The van der Waals surface area contributed by atoms with Gasteiger partial charge >= 0.3 is 0 Å². The minimum Gasteiger partial charge on any atom is -0.391 e. The summed E-state index contributed by atoms with van der Waals surface area (Å²) < 4.78 is 5.26. The Labute approximate surface area is 98.4 Å². The van der Waals surface area contributed by atoms with E-state index in [-0.39, 0.29) is 12.0 Å². The zero-order chi connectivity index (χ0) is 12.6. The highest BCUT2D eigenvalue weighted by molar-refractivity contribution is 5.75. The largest absolute Gasteiger partial charge is 0.391 e. The van der Waals surface area contributed by atoms with Crippen LogP contribution in [0.3, 0.4) is 0 Å². The molecule has 0 saturated heterocycles. The molecule has 0 aromatic heterocycles. The van der Waals surface area contributed by atoms with E-state index in [4.69, 9.17) is 4.74 Å². The number of nitrogens with one attached hydrogen (secondary N) is 1. The topological polar surface area (TPSA) is 58.6 Å². The quantitative estimate of drug-likeness (QED) is 0.662. The fourth-order valence-electron chi connectivity index (χ4n) is 1.33. The number of carbonyl (C=O) groups is 1. The van der Waals surface area contributed by atoms with Crippen molar-refractivity contribution in [1.29, 1.82) is 0 Å². The molecular weight excluding hydrogens is 206 g/mol. The number of hydrogen-bond acceptors (Lipinski definition) is 3. The standard InChI is InChI=1S/C12H25NO3/c1-9(2)7-11(14)8-13-12(15)5-6-16-10(3)4/h9-11,14H,5-8H2,1-4H3,(H,13,15). The summed E-state index contributed by atoms with van der Waals surface area (Å²) in [6.07, 6.45) is 0.768. The third-order valence-corrected chi connectivity index (χ3v) is 2.06. The van der Waals surface area contributed by atoms with Crippen molar-refractivity contribution in [3.8, 4) is 0 Å². The highest BCUT2D eigenvalue weighted by Crippen LogP contribution is 2.03. The summed E-state index contributed by atoms with van der Waals surface area (Å²) in [4.78, 5) is 11.3. The zero-order valence-corrected chi connectivity index (χ0v) is 10.8. The molecule has 16 heavy (non-hydrogen) atoms. The second-order valence-corrected chi connectivity index (χ2v) is 4.76. The van der Waals surface area contributed by atoms with Crippen LogP contribution in [0, 0.1) is 5.92 Å². The molecule has 0 aromatic rings. The molecule has 4 nitrogen and oxygen atoms in total. The van der Waals surface area contributed by atoms with E-state index in [0.717, 1.165) is 0 Å². The molecule has 0 saturated carbocycles. The van der Waals surface area contributed by atoms with Crippen LogP contribution in [0.15, 0.2) is 0 Å². The number of ether oxygens (including phenoxy) is 1. The van der Waals surface area contributed by atoms with Crippen molar-refractivity contribution in [3.05, 3.63) is 0 Å². The summed E-state index contributed by atoms with van der Waals surface area (Å²) in [5.41, 5.74) is 0. The summed E-state index contributed by atoms with van der Waals surface area (Å²) in [5, 5.41) is 12.2. The lowest BCUT2D eigenvalue weighted by atomic mass is 10.1. The molecule has 0 aliphatic carbocycles. The second-order valence-electron chi connectivity index (χ2n) is 4.76. The van der Waals surface area contributed by atoms with Crippen molar-refractivity contribution in [1.82, 2.24) is 5.32 Å². The van der Waals surface area contributed by atoms with Crippen LogP contribution in [0.2, 0.25) is 0 Å². The van der Waals surface area contributed by atoms with Crippen molar-refractivity contribution in [2.24, 2.45) is 5.92 Å². The summed E-state index contributed by atoms with van der Waals surface area (Å²) in [7, 11) is 0. The van der Waals surface area contributed by atoms with E-state index in [9.17, 15) is 9.90 Å². The number of aliphatic hydroxyl groups excluding tert-OH is 1. The predicted molar refractivity (Wildman–Crippen MR) is 64.2 cm³/mol. The van der Waals surface area contributed by atoms with Crippen molar-refractivity contribution in [3.63, 3.8) is 0 Å². The van der Waals surface area contributed by atoms with Crippen LogP contribution >= 0.6 is 0 Å². The van der Waals surface area contributed by atoms with Crippen molar-refractivity contribution >= 4 is 5.91 Å². The van der Waals surface area contributed by atoms with E-state index in [1.54, 1.807) is 0 Å². The molecule has 0 aliphatic heterocycles. The van der Waals surface area contributed by atoms with Gasteiger partial charge in [-0.3, -0.25) is 4.79 Å². The van der Waals surface area contributed by atoms with Crippen LogP contribution in [-0.4, -0.2) is 36.4 Å². The van der Waals surface area contributed by atoms with E-state index in [0.29, 0.717) is 31.9 Å². The average molecular weight is 231 g/mol. The minimum atomic E-state index is -0.449. The van der Waals surface area contributed by atoms with Gasteiger partial charge in [0.1, 0.15) is 0 Å². The molecule has 1 atom stereocenters. The van der Waals surface area contributed by atoms with Crippen LogP contribution in [0.1, 0.15) is 40.5 Å². The lowest BCUT2D eigenvalue weighted by molar-refractivity contribution is -0.123. The molecular formula is C12H25NO3. The maximum absolute atomic E-state index is 11.3. The molecule has 0 rings (SSSR count). The second kappa shape index (κ2) is 8.53. The highest BCUT2D eigenvalue weighted by Gasteiger charge is 2.08. The Morgan fingerprint density at radius 1 is 1.31 bits per heavy atom. The van der Waals surface area contributed by atoms with Gasteiger partial charge in [-0.05, 0) is 26.2 Å². The Morgan fingerprint density at radius 3 is 2.44 bits per heavy atom. The third kappa shape index (κ3) is 9.93. The fourth-order valence-corrected chi connectivity index (χ4v) is 1.33. The first-order valence-electron chi connectivity index (χ1n) is 5.98. The van der Waals surface area contributed by atoms with Crippen LogP contribution in [0.5, 0.6) is 0 Å². The number of hydrogen-bond donors (Lipinski definition) is 2. The number of carbonyl (C=O) groups excluding carboxylic acids is 1. The Morgan fingerprint density at radius 2 is 1.94 bits per heavy atom. The molecule has 0 aromatic carbocycles. The van der Waals surface area contributed by atoms with Gasteiger partial charge in [0.2, 0.25) is 5.91 Å². The Kier molecular flexibility index (Phi) is 8.21. The van der Waals surface area contributed by atoms with E-state index in [2.05, 4.69) is 5.32 Å². The Bertz CT molecular complexity index is 193. The first kappa shape index (κ1) is 15.4. The number of aliphatic hydroxyl groups is 1. The van der Waals surface area contributed by atoms with Crippen molar-refractivity contribution in [2.45, 2.75) is 52.7 Å². The Hall–Kier alpha value is -0.610. The molecule has 0 bridgehead atoms. The SMILES string of the molecule is CC(C)CC(O)CNC(=O)CCOC(C)C. The van der Waals surface area contributed by atoms with Crippen LogP contribution < -0.4 is 5.32 Å². The van der Waals surface area contributed by atoms with Crippen LogP contribution in [0.25, 0.3) is 0 Å². The summed E-state index contributed by atoms with van der Waals surface area (Å²) >= 11 is 0. The normalized spacial score (nSPS) is 13.2. The summed E-state index contributed by atoms with van der Waals surface area (Å²) in [6.45, 7) is 8.72. The van der Waals surface area contributed by atoms with Gasteiger partial charge in [-0.2, -0.15) is 0 Å². The van der Waals surface area contributed by atoms with Gasteiger partial charge in [-0.15, -0.1) is 0 Å². The molecule has 0 radical (unpaired) electrons. The van der Waals surface area contributed by atoms with E-state index in [1.165, 1.54) is 0 Å². The molecule has 1 unspecified atom stereocenters. The minimum absolute atomic E-state index is 0.0662. The van der Waals surface area contributed by atoms with Gasteiger partial charge in [-0.25, -0.2) is 0 Å². The van der Waals surface area contributed by atoms with E-state index in [1.807, 2.05) is 27.7 Å². The summed E-state index contributed by atoms with van der Waals surface area (Å²) in [5.74, 6) is 0.375. The monoisotopic (exact) mass is 231 g/mol. The lowest BCUT2D eigenvalue weighted by Crippen LogP contribution is -2.33. The predicted octanol–water partition coefficient (Wildman–Crippen LogP) is 1.32. The molecule has 4 heteroatoms. The molecule has 0 fully saturated rings. The van der Waals surface area contributed by atoms with Crippen LogP contribution in [-0.2, 0) is 9.53 Å². The third-order valence-electron chi connectivity index (χ3n) is 2.06. The van der Waals surface area contributed by atoms with E-state index >= 15 is 0 Å². The maximum Gasteiger partial charge on any atom is 0.222 e. The summed E-state index contributed by atoms with van der Waals surface area (Å²) in [6, 6.07) is 0.